The average molecular weight is 1550 g/mol. The molecule has 0 saturated carbocycles. The Kier molecular flexibility index (Phi) is 24.9. The summed E-state index contributed by atoms with van der Waals surface area (Å²) < 4.78 is 5.07. The van der Waals surface area contributed by atoms with Gasteiger partial charge in [0.2, 0.25) is 5.91 Å². The van der Waals surface area contributed by atoms with Gasteiger partial charge < -0.3 is 59.2 Å². The number of nitriles is 1. The van der Waals surface area contributed by atoms with Crippen LogP contribution in [-0.4, -0.2) is 158 Å². The number of carbonyl (C=O) groups excluding carboxylic acids is 5. The molecule has 17 N–H and O–H groups in total. The van der Waals surface area contributed by atoms with Crippen molar-refractivity contribution in [1.82, 2.24) is 70.9 Å². The molecular weight excluding hydrogens is 1470 g/mol. The molecule has 1 atom stereocenters. The summed E-state index contributed by atoms with van der Waals surface area (Å²) in [6.45, 7) is 13.6. The monoisotopic (exact) mass is 1550 g/mol. The third-order valence-electron chi connectivity index (χ3n) is 19.9. The summed E-state index contributed by atoms with van der Waals surface area (Å²) >= 11 is 0. The quantitative estimate of drug-likeness (QED) is 0.0427. The van der Waals surface area contributed by atoms with Crippen molar-refractivity contribution >= 4 is 125 Å². The number of urea groups is 4. The number of ether oxygens (including phenoxy) is 1. The summed E-state index contributed by atoms with van der Waals surface area (Å²) in [7, 11) is 3.41. The van der Waals surface area contributed by atoms with Crippen LogP contribution in [0.15, 0.2) is 195 Å². The third-order valence-corrected chi connectivity index (χ3v) is 19.9. The fraction of sp³-hybridized carbons (Fsp3) is 0.209. The third kappa shape index (κ3) is 19.3. The second-order valence-electron chi connectivity index (χ2n) is 28.1. The number of methoxy groups -OCH3 is 1. The Balaban J connectivity index is 0.000000135. The predicted octanol–water partition coefficient (Wildman–Crippen LogP) is 12.4. The number of nitrogens with two attached hydrogens (primary N) is 4. The first kappa shape index (κ1) is 79.5. The highest BCUT2D eigenvalue weighted by atomic mass is 16.5. The van der Waals surface area contributed by atoms with Gasteiger partial charge in [0.1, 0.15) is 58.7 Å². The van der Waals surface area contributed by atoms with E-state index in [0.717, 1.165) is 133 Å². The van der Waals surface area contributed by atoms with Crippen LogP contribution < -0.4 is 70.8 Å². The zero-order valence-corrected chi connectivity index (χ0v) is 64.7. The molecule has 9 amide bonds. The first-order chi connectivity index (χ1) is 56.1. The number of para-hydroxylation sites is 1. The molecule has 0 radical (unpaired) electrons. The van der Waals surface area contributed by atoms with Crippen LogP contribution in [-0.2, 0) is 16.0 Å². The molecule has 0 aliphatic carbocycles. The molecule has 116 heavy (non-hydrogen) atoms. The number of carbonyl (C=O) groups is 5. The summed E-state index contributed by atoms with van der Waals surface area (Å²) in [4.78, 5) is 100. The highest BCUT2D eigenvalue weighted by molar-refractivity contribution is 6.04. The van der Waals surface area contributed by atoms with E-state index in [9.17, 15) is 24.0 Å². The fourth-order valence-corrected chi connectivity index (χ4v) is 13.5. The molecular formula is C86H88N24O6. The summed E-state index contributed by atoms with van der Waals surface area (Å²) in [6.07, 6.45) is 7.93. The van der Waals surface area contributed by atoms with Crippen molar-refractivity contribution in [2.75, 3.05) is 110 Å². The molecule has 0 bridgehead atoms. The summed E-state index contributed by atoms with van der Waals surface area (Å²) in [6, 6.07) is 54.1. The molecule has 3 aliphatic rings. The standard InChI is InChI=1S/C23H18N6O.C22H26N6O2.C22H24N6O2.C19H20N6O/c1-14-6-2-4-8-17(14)20-10-16-11-21(26-13-18(16)22(25)27-20)29-23(30)28-19-9-5-3-7-15(19)12-24;1-14-5-3-4-6-17(14)19-9-15-10-20(24-11-18(15)21(23)26-19)27-22(29)25-16-12-28(13-16)7-8-30-2;1-3-13-6-4-5-7-15(13)18-10-14-11-19(24-12-16(14)20(23)25-18)27-22(30)26-17-8-9-28(2)21(17)29;1-11-4-2-3-5-14(11)16-6-12-7-17(22-10-15(12)18(20)24-16)25-19(26)23-13-8-21-9-13/h2-11,13H,1H3,(H2,25,27)(H2,26,28,29,30);3-6,9-11,16H,7-8,12-13H2,1-2H3,(H2,23,26)(H2,24,25,27,29);4-7,10-12,17H,3,8-9H2,1-2H3,(H2,23,25)(H2,24,26,27,30);2-7,10,13,21H,8-9H2,1H3,(H2,20,24)(H2,22,23,25,26)/t;;17-;/m..1./s1. The summed E-state index contributed by atoms with van der Waals surface area (Å²) in [5.74, 6) is 3.18. The van der Waals surface area contributed by atoms with Gasteiger partial charge in [-0.25, -0.2) is 59.0 Å². The Morgan fingerprint density at radius 2 is 0.879 bits per heavy atom. The zero-order chi connectivity index (χ0) is 81.5. The van der Waals surface area contributed by atoms with Crippen LogP contribution >= 0.6 is 0 Å². The van der Waals surface area contributed by atoms with Crippen molar-refractivity contribution in [2.24, 2.45) is 0 Å². The number of rotatable bonds is 16. The molecule has 16 rings (SSSR count). The molecule has 30 nitrogen and oxygen atoms in total. The second kappa shape index (κ2) is 36.3. The molecule has 5 aromatic carbocycles. The van der Waals surface area contributed by atoms with Crippen LogP contribution in [0.25, 0.3) is 88.1 Å². The maximum atomic E-state index is 12.4. The Labute approximate surface area is 668 Å². The number of nitrogens with zero attached hydrogens (tertiary/aromatic N) is 11. The van der Waals surface area contributed by atoms with E-state index < -0.39 is 18.1 Å². The number of aromatic nitrogens is 8. The number of fused-ring (bicyclic) bond motifs is 4. The highest BCUT2D eigenvalue weighted by Crippen LogP contribution is 2.35. The van der Waals surface area contributed by atoms with Crippen molar-refractivity contribution in [2.45, 2.75) is 58.7 Å². The van der Waals surface area contributed by atoms with Gasteiger partial charge in [-0.3, -0.25) is 31.0 Å². The number of nitrogen functional groups attached to an aromatic ring is 4. The van der Waals surface area contributed by atoms with Gasteiger partial charge in [-0.2, -0.15) is 5.26 Å². The minimum absolute atomic E-state index is 0.0882. The number of hydrogen-bond donors (Lipinski definition) is 13. The van der Waals surface area contributed by atoms with Gasteiger partial charge in [-0.05, 0) is 138 Å². The smallest absolute Gasteiger partial charge is 0.324 e. The molecule has 3 fully saturated rings. The lowest BCUT2D eigenvalue weighted by Crippen LogP contribution is -2.60. The minimum atomic E-state index is -0.507. The van der Waals surface area contributed by atoms with E-state index in [2.05, 4.69) is 106 Å². The van der Waals surface area contributed by atoms with Crippen molar-refractivity contribution in [3.05, 3.63) is 222 Å². The van der Waals surface area contributed by atoms with Gasteiger partial charge in [0, 0.05) is 122 Å². The van der Waals surface area contributed by atoms with Crippen molar-refractivity contribution in [1.29, 1.82) is 5.26 Å². The Morgan fingerprint density at radius 1 is 0.500 bits per heavy atom. The molecule has 8 aromatic heterocycles. The van der Waals surface area contributed by atoms with Gasteiger partial charge in [-0.15, -0.1) is 0 Å². The SMILES string of the molecule is CCc1ccccc1-c1cc2cc(NC(=O)N[C@@H]3CCN(C)C3=O)ncc2c(N)n1.COCCN1CC(NC(=O)Nc2cc3cc(-c4ccccc4C)nc(N)c3cn2)C1.Cc1ccccc1-c1cc2cc(NC(=O)NC3CNC3)ncc2c(N)n1.Cc1ccccc1-c1cc2cc(NC(=O)Nc3ccccc3C#N)ncc2c(N)n1. The van der Waals surface area contributed by atoms with Crippen molar-refractivity contribution in [3.63, 3.8) is 0 Å². The molecule has 13 aromatic rings. The number of anilines is 9. The largest absolute Gasteiger partial charge is 0.383 e. The number of nitrogens with one attached hydrogen (secondary N) is 9. The number of hydrogen-bond acceptors (Lipinski definition) is 21. The van der Waals surface area contributed by atoms with Gasteiger partial charge in [0.05, 0.1) is 52.7 Å². The maximum Gasteiger partial charge on any atom is 0.324 e. The molecule has 0 unspecified atom stereocenters. The fourth-order valence-electron chi connectivity index (χ4n) is 13.5. The van der Waals surface area contributed by atoms with E-state index in [1.807, 2.05) is 154 Å². The van der Waals surface area contributed by atoms with Crippen LogP contribution in [0.1, 0.15) is 41.2 Å². The van der Waals surface area contributed by atoms with E-state index >= 15 is 0 Å². The molecule has 11 heterocycles. The number of likely N-dealkylation sites (N-methyl/N-ethyl adjacent to an activating group) is 1. The molecule has 0 spiro atoms. The Bertz CT molecular complexity index is 5910. The number of aryl methyl sites for hydroxylation is 4. The van der Waals surface area contributed by atoms with Crippen molar-refractivity contribution in [3.8, 4) is 51.1 Å². The van der Waals surface area contributed by atoms with Gasteiger partial charge in [0.25, 0.3) is 0 Å². The summed E-state index contributed by atoms with van der Waals surface area (Å²) in [5.41, 5.74) is 37.1. The lowest BCUT2D eigenvalue weighted by atomic mass is 10.0. The van der Waals surface area contributed by atoms with Crippen LogP contribution in [0.2, 0.25) is 0 Å². The molecule has 3 saturated heterocycles. The van der Waals surface area contributed by atoms with E-state index in [0.29, 0.717) is 88.1 Å². The second-order valence-corrected chi connectivity index (χ2v) is 28.1. The lowest BCUT2D eigenvalue weighted by Gasteiger charge is -2.39. The Hall–Kier alpha value is -14.5. The molecule has 30 heteroatoms. The average Bonchev–Trinajstić information content (AvgIpc) is 0.906. The van der Waals surface area contributed by atoms with E-state index in [-0.39, 0.29) is 30.1 Å². The number of amides is 9. The minimum Gasteiger partial charge on any atom is -0.383 e. The molecule has 3 aliphatic heterocycles. The van der Waals surface area contributed by atoms with Gasteiger partial charge in [0.15, 0.2) is 0 Å². The van der Waals surface area contributed by atoms with E-state index in [1.165, 1.54) is 5.56 Å². The normalized spacial score (nSPS) is 13.8. The van der Waals surface area contributed by atoms with Crippen LogP contribution in [0.5, 0.6) is 0 Å². The van der Waals surface area contributed by atoms with Gasteiger partial charge in [-0.1, -0.05) is 116 Å². The number of benzene rings is 5. The number of likely N-dealkylation sites (tertiary alicyclic amines) is 2. The first-order valence-electron chi connectivity index (χ1n) is 37.6. The van der Waals surface area contributed by atoms with Crippen LogP contribution in [0.3, 0.4) is 0 Å². The van der Waals surface area contributed by atoms with Crippen LogP contribution in [0, 0.1) is 32.1 Å². The highest BCUT2D eigenvalue weighted by Gasteiger charge is 2.31. The van der Waals surface area contributed by atoms with E-state index in [4.69, 9.17) is 32.9 Å². The van der Waals surface area contributed by atoms with Crippen molar-refractivity contribution < 1.29 is 28.7 Å². The first-order valence-corrected chi connectivity index (χ1v) is 37.6. The summed E-state index contributed by atoms with van der Waals surface area (Å²) in [5, 5.41) is 40.8. The van der Waals surface area contributed by atoms with Crippen LogP contribution in [0.4, 0.5) is 71.4 Å². The van der Waals surface area contributed by atoms with Gasteiger partial charge >= 0.3 is 24.1 Å². The lowest BCUT2D eigenvalue weighted by molar-refractivity contribution is -0.128. The molecule has 588 valence electrons. The maximum absolute atomic E-state index is 12.4. The topological polar surface area (TPSA) is 440 Å². The zero-order valence-electron chi connectivity index (χ0n) is 64.7. The Morgan fingerprint density at radius 3 is 1.27 bits per heavy atom. The number of pyridine rings is 8. The predicted molar refractivity (Wildman–Crippen MR) is 456 cm³/mol. The van der Waals surface area contributed by atoms with E-state index in [1.54, 1.807) is 80.2 Å².